The van der Waals surface area contributed by atoms with E-state index < -0.39 is 5.41 Å². The van der Waals surface area contributed by atoms with Crippen molar-refractivity contribution in [1.29, 1.82) is 0 Å². The van der Waals surface area contributed by atoms with Crippen LogP contribution in [0.1, 0.15) is 54.4 Å². The van der Waals surface area contributed by atoms with Gasteiger partial charge in [-0.3, -0.25) is 4.79 Å². The molecule has 0 spiro atoms. The number of rotatable bonds is 9. The normalized spacial score (nSPS) is 15.1. The van der Waals surface area contributed by atoms with Gasteiger partial charge in [0.05, 0.1) is 24.7 Å². The Hall–Kier alpha value is -0.610. The molecule has 4 heteroatoms. The zero-order valence-corrected chi connectivity index (χ0v) is 13.3. The molecule has 0 bridgehead atoms. The number of hydrogen-bond acceptors (Lipinski definition) is 4. The number of carbonyl (C=O) groups excluding carboxylic acids is 1. The van der Waals surface area contributed by atoms with Gasteiger partial charge in [0, 0.05) is 6.61 Å². The zero-order valence-electron chi connectivity index (χ0n) is 13.3. The van der Waals surface area contributed by atoms with Crippen molar-refractivity contribution in [1.82, 2.24) is 0 Å². The van der Waals surface area contributed by atoms with E-state index in [1.165, 1.54) is 0 Å². The highest BCUT2D eigenvalue weighted by Gasteiger charge is 2.25. The Balaban J connectivity index is 3.72. The number of hydrogen-bond donors (Lipinski definition) is 0. The first-order chi connectivity index (χ1) is 8.77. The van der Waals surface area contributed by atoms with Crippen LogP contribution >= 0.6 is 0 Å². The van der Waals surface area contributed by atoms with Crippen molar-refractivity contribution < 1.29 is 19.0 Å². The van der Waals surface area contributed by atoms with Gasteiger partial charge in [0.1, 0.15) is 6.10 Å². The monoisotopic (exact) mass is 274 g/mol. The summed E-state index contributed by atoms with van der Waals surface area (Å²) in [5.74, 6) is -0.199. The Morgan fingerprint density at radius 3 is 2.26 bits per heavy atom. The van der Waals surface area contributed by atoms with Gasteiger partial charge in [-0.15, -0.1) is 0 Å². The first-order valence-electron chi connectivity index (χ1n) is 7.17. The Morgan fingerprint density at radius 2 is 1.74 bits per heavy atom. The smallest absolute Gasteiger partial charge is 0.311 e. The summed E-state index contributed by atoms with van der Waals surface area (Å²) in [4.78, 5) is 11.7. The lowest BCUT2D eigenvalue weighted by molar-refractivity contribution is -0.162. The van der Waals surface area contributed by atoms with Crippen LogP contribution in [0.5, 0.6) is 0 Å². The molecule has 19 heavy (non-hydrogen) atoms. The standard InChI is InChI=1S/C15H30O4/c1-7-8-9-17-10-12(2)18-11-13(3)19-14(16)15(4,5)6/h12-13H,7-11H2,1-6H3. The van der Waals surface area contributed by atoms with Gasteiger partial charge in [0.15, 0.2) is 0 Å². The molecule has 0 N–H and O–H groups in total. The Kier molecular flexibility index (Phi) is 9.02. The fraction of sp³-hybridized carbons (Fsp3) is 0.933. The van der Waals surface area contributed by atoms with Gasteiger partial charge in [-0.25, -0.2) is 0 Å². The SMILES string of the molecule is CCCCOCC(C)OCC(C)OC(=O)C(C)(C)C. The first kappa shape index (κ1) is 18.4. The molecule has 0 amide bonds. The molecule has 0 heterocycles. The van der Waals surface area contributed by atoms with E-state index in [2.05, 4.69) is 6.92 Å². The number of unbranched alkanes of at least 4 members (excludes halogenated alkanes) is 1. The van der Waals surface area contributed by atoms with Gasteiger partial charge < -0.3 is 14.2 Å². The predicted molar refractivity (Wildman–Crippen MR) is 76.2 cm³/mol. The van der Waals surface area contributed by atoms with Crippen molar-refractivity contribution in [2.45, 2.75) is 66.6 Å². The third kappa shape index (κ3) is 9.91. The summed E-state index contributed by atoms with van der Waals surface area (Å²) >= 11 is 0. The minimum atomic E-state index is -0.469. The molecule has 114 valence electrons. The fourth-order valence-electron chi connectivity index (χ4n) is 1.24. The van der Waals surface area contributed by atoms with Crippen LogP contribution in [0.4, 0.5) is 0 Å². The van der Waals surface area contributed by atoms with Gasteiger partial charge in [0.2, 0.25) is 0 Å². The molecule has 0 aromatic heterocycles. The molecular formula is C15H30O4. The second-order valence-electron chi connectivity index (χ2n) is 6.04. The summed E-state index contributed by atoms with van der Waals surface area (Å²) in [6.45, 7) is 13.2. The lowest BCUT2D eigenvalue weighted by Crippen LogP contribution is -2.30. The van der Waals surface area contributed by atoms with E-state index in [0.717, 1.165) is 19.4 Å². The van der Waals surface area contributed by atoms with Crippen LogP contribution in [0.2, 0.25) is 0 Å². The summed E-state index contributed by atoms with van der Waals surface area (Å²) in [7, 11) is 0. The number of esters is 1. The van der Waals surface area contributed by atoms with Crippen molar-refractivity contribution in [2.24, 2.45) is 5.41 Å². The average Bonchev–Trinajstić information content (AvgIpc) is 2.31. The van der Waals surface area contributed by atoms with Crippen LogP contribution in [0.3, 0.4) is 0 Å². The van der Waals surface area contributed by atoms with Crippen LogP contribution in [0, 0.1) is 5.41 Å². The van der Waals surface area contributed by atoms with E-state index in [1.807, 2.05) is 34.6 Å². The van der Waals surface area contributed by atoms with E-state index in [1.54, 1.807) is 0 Å². The third-order valence-corrected chi connectivity index (χ3v) is 2.53. The summed E-state index contributed by atoms with van der Waals surface area (Å²) in [5, 5.41) is 0. The van der Waals surface area contributed by atoms with Crippen molar-refractivity contribution >= 4 is 5.97 Å². The van der Waals surface area contributed by atoms with E-state index >= 15 is 0 Å². The van der Waals surface area contributed by atoms with Gasteiger partial charge in [-0.1, -0.05) is 13.3 Å². The van der Waals surface area contributed by atoms with Gasteiger partial charge in [-0.05, 0) is 41.0 Å². The van der Waals surface area contributed by atoms with Crippen LogP contribution in [0.15, 0.2) is 0 Å². The Labute approximate surface area is 117 Å². The topological polar surface area (TPSA) is 44.8 Å². The van der Waals surface area contributed by atoms with E-state index in [9.17, 15) is 4.79 Å². The van der Waals surface area contributed by atoms with E-state index in [4.69, 9.17) is 14.2 Å². The number of carbonyl (C=O) groups is 1. The molecule has 4 nitrogen and oxygen atoms in total. The molecule has 0 saturated heterocycles. The molecule has 0 aromatic carbocycles. The summed E-state index contributed by atoms with van der Waals surface area (Å²) in [6.07, 6.45) is 2.00. The molecule has 0 aromatic rings. The molecule has 0 fully saturated rings. The quantitative estimate of drug-likeness (QED) is 0.478. The predicted octanol–water partition coefficient (Wildman–Crippen LogP) is 3.19. The summed E-state index contributed by atoms with van der Waals surface area (Å²) < 4.78 is 16.4. The third-order valence-electron chi connectivity index (χ3n) is 2.53. The Bertz CT molecular complexity index is 245. The van der Waals surface area contributed by atoms with Gasteiger partial charge in [0.25, 0.3) is 0 Å². The van der Waals surface area contributed by atoms with E-state index in [-0.39, 0.29) is 18.2 Å². The van der Waals surface area contributed by atoms with Crippen molar-refractivity contribution in [2.75, 3.05) is 19.8 Å². The second kappa shape index (κ2) is 9.32. The Morgan fingerprint density at radius 1 is 1.11 bits per heavy atom. The molecule has 0 radical (unpaired) electrons. The molecule has 0 aliphatic heterocycles. The van der Waals surface area contributed by atoms with Crippen LogP contribution in [-0.4, -0.2) is 38.0 Å². The molecule has 0 aliphatic rings. The highest BCUT2D eigenvalue weighted by molar-refractivity contribution is 5.75. The maximum Gasteiger partial charge on any atom is 0.311 e. The molecule has 0 saturated carbocycles. The lowest BCUT2D eigenvalue weighted by atomic mass is 9.97. The van der Waals surface area contributed by atoms with Gasteiger partial charge in [-0.2, -0.15) is 0 Å². The lowest BCUT2D eigenvalue weighted by Gasteiger charge is -2.22. The molecule has 2 atom stereocenters. The fourth-order valence-corrected chi connectivity index (χ4v) is 1.24. The molecule has 2 unspecified atom stereocenters. The van der Waals surface area contributed by atoms with Gasteiger partial charge >= 0.3 is 5.97 Å². The highest BCUT2D eigenvalue weighted by Crippen LogP contribution is 2.16. The average molecular weight is 274 g/mol. The molecular weight excluding hydrogens is 244 g/mol. The first-order valence-corrected chi connectivity index (χ1v) is 7.17. The zero-order chi connectivity index (χ0) is 14.9. The van der Waals surface area contributed by atoms with Crippen LogP contribution < -0.4 is 0 Å². The van der Waals surface area contributed by atoms with Crippen molar-refractivity contribution in [3.8, 4) is 0 Å². The minimum absolute atomic E-state index is 0.0210. The van der Waals surface area contributed by atoms with Crippen molar-refractivity contribution in [3.63, 3.8) is 0 Å². The summed E-state index contributed by atoms with van der Waals surface area (Å²) in [6, 6.07) is 0. The molecule has 0 rings (SSSR count). The maximum absolute atomic E-state index is 11.7. The minimum Gasteiger partial charge on any atom is -0.460 e. The highest BCUT2D eigenvalue weighted by atomic mass is 16.6. The molecule has 0 aliphatic carbocycles. The summed E-state index contributed by atoms with van der Waals surface area (Å²) in [5.41, 5.74) is -0.469. The second-order valence-corrected chi connectivity index (χ2v) is 6.04. The van der Waals surface area contributed by atoms with Crippen LogP contribution in [0.25, 0.3) is 0 Å². The van der Waals surface area contributed by atoms with Crippen LogP contribution in [-0.2, 0) is 19.0 Å². The van der Waals surface area contributed by atoms with E-state index in [0.29, 0.717) is 13.2 Å². The largest absolute Gasteiger partial charge is 0.460 e. The van der Waals surface area contributed by atoms with Crippen molar-refractivity contribution in [3.05, 3.63) is 0 Å². The number of ether oxygens (including phenoxy) is 3. The maximum atomic E-state index is 11.7.